The van der Waals surface area contributed by atoms with E-state index in [1.165, 1.54) is 11.1 Å². The molecular formula is C20H23N7S. The smallest absolute Gasteiger partial charge is 0.200 e. The van der Waals surface area contributed by atoms with Crippen molar-refractivity contribution in [2.24, 2.45) is 0 Å². The van der Waals surface area contributed by atoms with Crippen molar-refractivity contribution in [3.8, 4) is 5.69 Å². The molecule has 0 spiro atoms. The highest BCUT2D eigenvalue weighted by atomic mass is 32.1. The van der Waals surface area contributed by atoms with Gasteiger partial charge in [-0.2, -0.15) is 15.3 Å². The normalized spacial score (nSPS) is 11.3. The third kappa shape index (κ3) is 3.31. The summed E-state index contributed by atoms with van der Waals surface area (Å²) in [7, 11) is 0. The van der Waals surface area contributed by atoms with E-state index in [1.54, 1.807) is 6.20 Å². The van der Waals surface area contributed by atoms with Crippen LogP contribution >= 0.6 is 12.2 Å². The highest BCUT2D eigenvalue weighted by Crippen LogP contribution is 2.22. The van der Waals surface area contributed by atoms with Crippen LogP contribution in [0.3, 0.4) is 0 Å². The van der Waals surface area contributed by atoms with Gasteiger partial charge in [0.1, 0.15) is 6.54 Å². The standard InChI is InChI=1S/C20H23N7S/c1-13-5-7-17(8-6-13)11-26-16(4)19(15(3)24-26)27-18(22-23-20(27)28)12-25-14(2)9-10-21-25/h5-10H,11-12H2,1-4H3,(H,23,28). The molecular weight excluding hydrogens is 370 g/mol. The summed E-state index contributed by atoms with van der Waals surface area (Å²) in [6.45, 7) is 9.44. The van der Waals surface area contributed by atoms with Gasteiger partial charge in [0, 0.05) is 11.9 Å². The quantitative estimate of drug-likeness (QED) is 0.526. The molecule has 0 saturated carbocycles. The number of H-pyrrole nitrogens is 1. The van der Waals surface area contributed by atoms with Crippen molar-refractivity contribution in [1.29, 1.82) is 0 Å². The molecule has 8 heteroatoms. The number of aromatic nitrogens is 7. The molecule has 1 aromatic carbocycles. The zero-order valence-electron chi connectivity index (χ0n) is 16.5. The Morgan fingerprint density at radius 3 is 2.39 bits per heavy atom. The molecule has 7 nitrogen and oxygen atoms in total. The van der Waals surface area contributed by atoms with Gasteiger partial charge in [-0.15, -0.1) is 0 Å². The Balaban J connectivity index is 1.73. The van der Waals surface area contributed by atoms with Gasteiger partial charge >= 0.3 is 0 Å². The topological polar surface area (TPSA) is 69.2 Å². The fourth-order valence-corrected chi connectivity index (χ4v) is 3.64. The Kier molecular flexibility index (Phi) is 4.72. The number of rotatable bonds is 5. The molecule has 0 aliphatic carbocycles. The minimum Gasteiger partial charge on any atom is -0.267 e. The second-order valence-corrected chi connectivity index (χ2v) is 7.46. The maximum atomic E-state index is 5.53. The molecule has 0 amide bonds. The second kappa shape index (κ2) is 7.20. The predicted octanol–water partition coefficient (Wildman–Crippen LogP) is 3.65. The first-order valence-corrected chi connectivity index (χ1v) is 9.59. The van der Waals surface area contributed by atoms with Crippen molar-refractivity contribution in [2.45, 2.75) is 40.8 Å². The molecule has 144 valence electrons. The zero-order chi connectivity index (χ0) is 19.8. The van der Waals surface area contributed by atoms with Crippen LogP contribution in [0, 0.1) is 32.5 Å². The van der Waals surface area contributed by atoms with Crippen LogP contribution in [0.1, 0.15) is 34.0 Å². The summed E-state index contributed by atoms with van der Waals surface area (Å²) in [6.07, 6.45) is 1.79. The Morgan fingerprint density at radius 1 is 0.964 bits per heavy atom. The molecule has 3 heterocycles. The van der Waals surface area contributed by atoms with Gasteiger partial charge in [-0.25, -0.2) is 0 Å². The van der Waals surface area contributed by atoms with Crippen molar-refractivity contribution < 1.29 is 0 Å². The molecule has 4 rings (SSSR count). The molecule has 0 atom stereocenters. The van der Waals surface area contributed by atoms with E-state index in [2.05, 4.69) is 53.4 Å². The number of nitrogens with zero attached hydrogens (tertiary/aromatic N) is 6. The van der Waals surface area contributed by atoms with E-state index >= 15 is 0 Å². The zero-order valence-corrected chi connectivity index (χ0v) is 17.3. The lowest BCUT2D eigenvalue weighted by atomic mass is 10.1. The molecule has 0 unspecified atom stereocenters. The monoisotopic (exact) mass is 393 g/mol. The van der Waals surface area contributed by atoms with Crippen molar-refractivity contribution in [2.75, 3.05) is 0 Å². The minimum absolute atomic E-state index is 0.536. The lowest BCUT2D eigenvalue weighted by Crippen LogP contribution is -2.11. The summed E-state index contributed by atoms with van der Waals surface area (Å²) < 4.78 is 6.45. The predicted molar refractivity (Wildman–Crippen MR) is 110 cm³/mol. The van der Waals surface area contributed by atoms with E-state index in [0.717, 1.165) is 28.6 Å². The van der Waals surface area contributed by atoms with Crippen molar-refractivity contribution in [1.82, 2.24) is 34.3 Å². The summed E-state index contributed by atoms with van der Waals surface area (Å²) in [5, 5.41) is 16.5. The van der Waals surface area contributed by atoms with Gasteiger partial charge in [-0.3, -0.25) is 19.0 Å². The number of hydrogen-bond donors (Lipinski definition) is 1. The Hall–Kier alpha value is -3.00. The van der Waals surface area contributed by atoms with Gasteiger partial charge in [0.05, 0.1) is 23.6 Å². The molecule has 4 aromatic rings. The van der Waals surface area contributed by atoms with E-state index in [-0.39, 0.29) is 0 Å². The van der Waals surface area contributed by atoms with E-state index in [9.17, 15) is 0 Å². The van der Waals surface area contributed by atoms with Crippen molar-refractivity contribution in [3.63, 3.8) is 0 Å². The number of benzene rings is 1. The average molecular weight is 394 g/mol. The van der Waals surface area contributed by atoms with E-state index in [0.29, 0.717) is 17.9 Å². The lowest BCUT2D eigenvalue weighted by molar-refractivity contribution is 0.625. The van der Waals surface area contributed by atoms with Crippen LogP contribution in [0.4, 0.5) is 0 Å². The fourth-order valence-electron chi connectivity index (χ4n) is 3.40. The largest absolute Gasteiger partial charge is 0.267 e. The fraction of sp³-hybridized carbons (Fsp3) is 0.300. The molecule has 28 heavy (non-hydrogen) atoms. The summed E-state index contributed by atoms with van der Waals surface area (Å²) in [5.41, 5.74) is 6.48. The number of aryl methyl sites for hydroxylation is 3. The van der Waals surface area contributed by atoms with Crippen LogP contribution < -0.4 is 0 Å². The molecule has 0 radical (unpaired) electrons. The molecule has 0 aliphatic heterocycles. The first-order chi connectivity index (χ1) is 13.4. The maximum absolute atomic E-state index is 5.53. The second-order valence-electron chi connectivity index (χ2n) is 7.07. The van der Waals surface area contributed by atoms with E-state index < -0.39 is 0 Å². The van der Waals surface area contributed by atoms with Crippen molar-refractivity contribution >= 4 is 12.2 Å². The van der Waals surface area contributed by atoms with Crippen LogP contribution in [0.5, 0.6) is 0 Å². The lowest BCUT2D eigenvalue weighted by Gasteiger charge is -2.10. The third-order valence-electron chi connectivity index (χ3n) is 4.98. The van der Waals surface area contributed by atoms with Gasteiger partial charge in [-0.05, 0) is 51.5 Å². The van der Waals surface area contributed by atoms with Crippen LogP contribution in [0.2, 0.25) is 0 Å². The van der Waals surface area contributed by atoms with Gasteiger partial charge in [-0.1, -0.05) is 29.8 Å². The van der Waals surface area contributed by atoms with Crippen LogP contribution in [-0.4, -0.2) is 34.3 Å². The Labute approximate surface area is 168 Å². The molecule has 1 N–H and O–H groups in total. The third-order valence-corrected chi connectivity index (χ3v) is 5.26. The molecule has 0 bridgehead atoms. The number of aromatic amines is 1. The van der Waals surface area contributed by atoms with Gasteiger partial charge in [0.25, 0.3) is 0 Å². The van der Waals surface area contributed by atoms with E-state index in [4.69, 9.17) is 17.3 Å². The SMILES string of the molecule is Cc1ccc(Cn2nc(C)c(-n3c(Cn4nccc4C)n[nH]c3=S)c2C)cc1. The van der Waals surface area contributed by atoms with E-state index in [1.807, 2.05) is 33.8 Å². The number of nitrogens with one attached hydrogen (secondary N) is 1. The van der Waals surface area contributed by atoms with Crippen LogP contribution in [0.25, 0.3) is 5.69 Å². The van der Waals surface area contributed by atoms with Crippen molar-refractivity contribution in [3.05, 3.63) is 75.3 Å². The minimum atomic E-state index is 0.536. The highest BCUT2D eigenvalue weighted by Gasteiger charge is 2.19. The molecule has 3 aromatic heterocycles. The van der Waals surface area contributed by atoms with Crippen LogP contribution in [0.15, 0.2) is 36.5 Å². The molecule has 0 fully saturated rings. The first-order valence-electron chi connectivity index (χ1n) is 9.18. The summed E-state index contributed by atoms with van der Waals surface area (Å²) in [5.74, 6) is 0.804. The molecule has 0 aliphatic rings. The van der Waals surface area contributed by atoms with Gasteiger partial charge < -0.3 is 0 Å². The molecule has 0 saturated heterocycles. The van der Waals surface area contributed by atoms with Crippen LogP contribution in [-0.2, 0) is 13.1 Å². The highest BCUT2D eigenvalue weighted by molar-refractivity contribution is 7.71. The average Bonchev–Trinajstić information content (AvgIpc) is 3.30. The number of hydrogen-bond acceptors (Lipinski definition) is 4. The van der Waals surface area contributed by atoms with Gasteiger partial charge in [0.15, 0.2) is 10.6 Å². The summed E-state index contributed by atoms with van der Waals surface area (Å²) in [4.78, 5) is 0. The summed E-state index contributed by atoms with van der Waals surface area (Å²) >= 11 is 5.53. The maximum Gasteiger partial charge on any atom is 0.200 e. The Morgan fingerprint density at radius 2 is 1.71 bits per heavy atom. The first kappa shape index (κ1) is 18.4. The van der Waals surface area contributed by atoms with Gasteiger partial charge in [0.2, 0.25) is 0 Å². The summed E-state index contributed by atoms with van der Waals surface area (Å²) in [6, 6.07) is 10.5. The Bertz CT molecular complexity index is 1170.